The van der Waals surface area contributed by atoms with Gasteiger partial charge in [0.25, 0.3) is 0 Å². The van der Waals surface area contributed by atoms with Crippen LogP contribution in [0.25, 0.3) is 5.65 Å². The van der Waals surface area contributed by atoms with E-state index in [1.165, 1.54) is 0 Å². The standard InChI is InChI=1S/C14H19ClN2O/c1-5-10(18)12-13(14(2,3)4)16-11-8-9(15)6-7-17(11)12/h6-8,10,18H,5H2,1-4H3. The zero-order valence-corrected chi connectivity index (χ0v) is 12.0. The first-order chi connectivity index (χ1) is 8.34. The summed E-state index contributed by atoms with van der Waals surface area (Å²) in [6, 6.07) is 3.64. The van der Waals surface area contributed by atoms with Crippen LogP contribution in [0, 0.1) is 0 Å². The van der Waals surface area contributed by atoms with E-state index >= 15 is 0 Å². The minimum atomic E-state index is -0.504. The van der Waals surface area contributed by atoms with E-state index < -0.39 is 6.10 Å². The van der Waals surface area contributed by atoms with Crippen LogP contribution in [-0.4, -0.2) is 14.5 Å². The lowest BCUT2D eigenvalue weighted by molar-refractivity contribution is 0.165. The summed E-state index contributed by atoms with van der Waals surface area (Å²) in [6.45, 7) is 8.26. The molecule has 1 atom stereocenters. The van der Waals surface area contributed by atoms with Crippen molar-refractivity contribution in [2.24, 2.45) is 0 Å². The molecule has 2 heterocycles. The summed E-state index contributed by atoms with van der Waals surface area (Å²) in [6.07, 6.45) is 2.03. The van der Waals surface area contributed by atoms with Crippen LogP contribution >= 0.6 is 11.6 Å². The molecule has 2 aromatic heterocycles. The van der Waals surface area contributed by atoms with E-state index in [4.69, 9.17) is 11.6 Å². The molecule has 0 aliphatic carbocycles. The third-order valence-electron chi connectivity index (χ3n) is 3.04. The number of aliphatic hydroxyl groups is 1. The normalized spacial score (nSPS) is 14.1. The Morgan fingerprint density at radius 2 is 2.11 bits per heavy atom. The van der Waals surface area contributed by atoms with Crippen molar-refractivity contribution >= 4 is 17.2 Å². The first kappa shape index (κ1) is 13.4. The summed E-state index contributed by atoms with van der Waals surface area (Å²) in [7, 11) is 0. The van der Waals surface area contributed by atoms with E-state index in [1.54, 1.807) is 0 Å². The highest BCUT2D eigenvalue weighted by atomic mass is 35.5. The number of pyridine rings is 1. The number of rotatable bonds is 2. The Labute approximate surface area is 112 Å². The second-order valence-electron chi connectivity index (χ2n) is 5.59. The van der Waals surface area contributed by atoms with E-state index in [1.807, 2.05) is 29.7 Å². The number of aliphatic hydroxyl groups excluding tert-OH is 1. The maximum atomic E-state index is 10.2. The average Bonchev–Trinajstić information content (AvgIpc) is 2.66. The monoisotopic (exact) mass is 266 g/mol. The van der Waals surface area contributed by atoms with Gasteiger partial charge in [-0.2, -0.15) is 0 Å². The highest BCUT2D eigenvalue weighted by Gasteiger charge is 2.27. The van der Waals surface area contributed by atoms with Crippen molar-refractivity contribution in [3.05, 3.63) is 34.7 Å². The molecule has 0 aliphatic heterocycles. The number of hydrogen-bond acceptors (Lipinski definition) is 2. The quantitative estimate of drug-likeness (QED) is 0.899. The average molecular weight is 267 g/mol. The summed E-state index contributed by atoms with van der Waals surface area (Å²) in [5.41, 5.74) is 2.48. The predicted octanol–water partition coefficient (Wildman–Crippen LogP) is 3.73. The molecule has 1 N–H and O–H groups in total. The summed E-state index contributed by atoms with van der Waals surface area (Å²) in [5.74, 6) is 0. The number of hydrogen-bond donors (Lipinski definition) is 1. The lowest BCUT2D eigenvalue weighted by Crippen LogP contribution is -2.16. The van der Waals surface area contributed by atoms with Gasteiger partial charge in [-0.15, -0.1) is 0 Å². The van der Waals surface area contributed by atoms with Crippen LogP contribution in [0.1, 0.15) is 51.6 Å². The fourth-order valence-corrected chi connectivity index (χ4v) is 2.26. The number of aromatic nitrogens is 2. The second-order valence-corrected chi connectivity index (χ2v) is 6.03. The van der Waals surface area contributed by atoms with Crippen molar-refractivity contribution in [1.82, 2.24) is 9.38 Å². The van der Waals surface area contributed by atoms with Gasteiger partial charge >= 0.3 is 0 Å². The van der Waals surface area contributed by atoms with Crippen LogP contribution in [0.2, 0.25) is 5.02 Å². The molecule has 0 aliphatic rings. The van der Waals surface area contributed by atoms with E-state index in [2.05, 4.69) is 25.8 Å². The minimum absolute atomic E-state index is 0.107. The first-order valence-electron chi connectivity index (χ1n) is 6.20. The molecule has 0 saturated heterocycles. The summed E-state index contributed by atoms with van der Waals surface area (Å²) < 4.78 is 1.93. The Morgan fingerprint density at radius 3 is 2.67 bits per heavy atom. The lowest BCUT2D eigenvalue weighted by Gasteiger charge is -2.20. The fraction of sp³-hybridized carbons (Fsp3) is 0.500. The Bertz CT molecular complexity index is 569. The van der Waals surface area contributed by atoms with Crippen LogP contribution in [0.3, 0.4) is 0 Å². The van der Waals surface area contributed by atoms with Gasteiger partial charge in [0.15, 0.2) is 0 Å². The second kappa shape index (κ2) is 4.56. The minimum Gasteiger partial charge on any atom is -0.387 e. The van der Waals surface area contributed by atoms with Crippen molar-refractivity contribution in [3.63, 3.8) is 0 Å². The molecule has 1 unspecified atom stereocenters. The van der Waals surface area contributed by atoms with Gasteiger partial charge in [-0.05, 0) is 12.5 Å². The number of fused-ring (bicyclic) bond motifs is 1. The highest BCUT2D eigenvalue weighted by Crippen LogP contribution is 2.31. The first-order valence-corrected chi connectivity index (χ1v) is 6.58. The van der Waals surface area contributed by atoms with Crippen LogP contribution < -0.4 is 0 Å². The van der Waals surface area contributed by atoms with Crippen molar-refractivity contribution in [3.8, 4) is 0 Å². The Morgan fingerprint density at radius 1 is 1.44 bits per heavy atom. The zero-order valence-electron chi connectivity index (χ0n) is 11.2. The highest BCUT2D eigenvalue weighted by molar-refractivity contribution is 6.30. The van der Waals surface area contributed by atoms with E-state index in [9.17, 15) is 5.11 Å². The summed E-state index contributed by atoms with van der Waals surface area (Å²) in [4.78, 5) is 4.63. The van der Waals surface area contributed by atoms with E-state index in [0.29, 0.717) is 11.4 Å². The number of nitrogens with zero attached hydrogens (tertiary/aromatic N) is 2. The fourth-order valence-electron chi connectivity index (χ4n) is 2.10. The molecule has 3 nitrogen and oxygen atoms in total. The van der Waals surface area contributed by atoms with Gasteiger partial charge in [0, 0.05) is 22.7 Å². The smallest absolute Gasteiger partial charge is 0.138 e. The Hall–Kier alpha value is -1.06. The predicted molar refractivity (Wildman–Crippen MR) is 74.2 cm³/mol. The molecule has 0 bridgehead atoms. The van der Waals surface area contributed by atoms with Gasteiger partial charge in [-0.1, -0.05) is 39.3 Å². The largest absolute Gasteiger partial charge is 0.387 e. The lowest BCUT2D eigenvalue weighted by atomic mass is 9.89. The SMILES string of the molecule is CCC(O)c1c(C(C)(C)C)nc2cc(Cl)ccn12. The van der Waals surface area contributed by atoms with Crippen LogP contribution in [-0.2, 0) is 5.41 Å². The van der Waals surface area contributed by atoms with E-state index in [-0.39, 0.29) is 5.41 Å². The van der Waals surface area contributed by atoms with Crippen LogP contribution in [0.5, 0.6) is 0 Å². The molecule has 2 rings (SSSR count). The topological polar surface area (TPSA) is 37.5 Å². The molecular weight excluding hydrogens is 248 g/mol. The van der Waals surface area contributed by atoms with Crippen LogP contribution in [0.4, 0.5) is 0 Å². The number of imidazole rings is 1. The maximum Gasteiger partial charge on any atom is 0.138 e. The van der Waals surface area contributed by atoms with Gasteiger partial charge in [-0.25, -0.2) is 4.98 Å². The molecular formula is C14H19ClN2O. The molecule has 0 aromatic carbocycles. The number of halogens is 1. The molecule has 0 radical (unpaired) electrons. The van der Waals surface area contributed by atoms with Crippen molar-refractivity contribution < 1.29 is 5.11 Å². The van der Waals surface area contributed by atoms with Gasteiger partial charge in [0.2, 0.25) is 0 Å². The van der Waals surface area contributed by atoms with Gasteiger partial charge in [0.05, 0.1) is 17.5 Å². The molecule has 98 valence electrons. The Balaban J connectivity index is 2.76. The zero-order chi connectivity index (χ0) is 13.5. The molecule has 0 fully saturated rings. The van der Waals surface area contributed by atoms with E-state index in [0.717, 1.165) is 17.0 Å². The third-order valence-corrected chi connectivity index (χ3v) is 3.27. The molecule has 4 heteroatoms. The summed E-state index contributed by atoms with van der Waals surface area (Å²) >= 11 is 5.99. The maximum absolute atomic E-state index is 10.2. The molecule has 18 heavy (non-hydrogen) atoms. The van der Waals surface area contributed by atoms with Crippen molar-refractivity contribution in [1.29, 1.82) is 0 Å². The molecule has 0 saturated carbocycles. The van der Waals surface area contributed by atoms with Crippen LogP contribution in [0.15, 0.2) is 18.3 Å². The summed E-state index contributed by atoms with van der Waals surface area (Å²) in [5, 5.41) is 10.9. The van der Waals surface area contributed by atoms with Crippen molar-refractivity contribution in [2.75, 3.05) is 0 Å². The van der Waals surface area contributed by atoms with Crippen molar-refractivity contribution in [2.45, 2.75) is 45.6 Å². The van der Waals surface area contributed by atoms with Gasteiger partial charge < -0.3 is 9.51 Å². The third kappa shape index (κ3) is 2.25. The molecule has 0 amide bonds. The molecule has 2 aromatic rings. The van der Waals surface area contributed by atoms with Gasteiger partial charge in [0.1, 0.15) is 5.65 Å². The Kier molecular flexibility index (Phi) is 3.39. The molecule has 0 spiro atoms. The van der Waals surface area contributed by atoms with Gasteiger partial charge in [-0.3, -0.25) is 0 Å².